The summed E-state index contributed by atoms with van der Waals surface area (Å²) in [6, 6.07) is -0.541. The van der Waals surface area contributed by atoms with Crippen molar-refractivity contribution in [3.8, 4) is 0 Å². The lowest BCUT2D eigenvalue weighted by molar-refractivity contribution is -0.143. The van der Waals surface area contributed by atoms with Crippen LogP contribution in [0.1, 0.15) is 361 Å². The molecule has 0 bridgehead atoms. The number of esters is 1. The van der Waals surface area contributed by atoms with Crippen LogP contribution in [0.3, 0.4) is 0 Å². The smallest absolute Gasteiger partial charge is 0.305 e. The predicted molar refractivity (Wildman–Crippen MR) is 306 cm³/mol. The van der Waals surface area contributed by atoms with Gasteiger partial charge in [0, 0.05) is 12.8 Å². The first-order valence-electron chi connectivity index (χ1n) is 31.9. The maximum atomic E-state index is 12.5. The highest BCUT2D eigenvalue weighted by Crippen LogP contribution is 2.18. The number of aliphatic hydroxyl groups is 2. The number of unbranched alkanes of at least 4 members (excludes halogenated alkanes) is 47. The first kappa shape index (κ1) is 68.6. The molecular weight excluding hydrogens is 863 g/mol. The lowest BCUT2D eigenvalue weighted by Crippen LogP contribution is -2.45. The fourth-order valence-corrected chi connectivity index (χ4v) is 10.2. The summed E-state index contributed by atoms with van der Waals surface area (Å²) in [6.07, 6.45) is 72.3. The first-order chi connectivity index (χ1) is 34.5. The monoisotopic (exact) mass is 988 g/mol. The summed E-state index contributed by atoms with van der Waals surface area (Å²) >= 11 is 0. The van der Waals surface area contributed by atoms with Gasteiger partial charge in [-0.3, -0.25) is 9.59 Å². The molecule has 0 aliphatic heterocycles. The normalized spacial score (nSPS) is 12.6. The molecule has 70 heavy (non-hydrogen) atoms. The molecule has 0 radical (unpaired) electrons. The summed E-state index contributed by atoms with van der Waals surface area (Å²) in [5, 5.41) is 23.3. The minimum Gasteiger partial charge on any atom is -0.466 e. The third-order valence-electron chi connectivity index (χ3n) is 15.1. The molecule has 0 saturated carbocycles. The van der Waals surface area contributed by atoms with Gasteiger partial charge < -0.3 is 20.3 Å². The molecule has 0 rings (SSSR count). The first-order valence-corrected chi connectivity index (χ1v) is 31.9. The van der Waals surface area contributed by atoms with E-state index >= 15 is 0 Å². The molecule has 0 heterocycles. The van der Waals surface area contributed by atoms with Crippen molar-refractivity contribution in [1.29, 1.82) is 0 Å². The van der Waals surface area contributed by atoms with Crippen LogP contribution in [0, 0.1) is 0 Å². The predicted octanol–water partition coefficient (Wildman–Crippen LogP) is 20.0. The van der Waals surface area contributed by atoms with Crippen molar-refractivity contribution >= 4 is 11.9 Å². The molecule has 6 heteroatoms. The van der Waals surface area contributed by atoms with E-state index in [9.17, 15) is 19.8 Å². The molecule has 2 atom stereocenters. The van der Waals surface area contributed by atoms with Crippen LogP contribution < -0.4 is 5.32 Å². The molecule has 2 unspecified atom stereocenters. The maximum Gasteiger partial charge on any atom is 0.305 e. The van der Waals surface area contributed by atoms with Gasteiger partial charge in [-0.25, -0.2) is 0 Å². The molecule has 0 aliphatic rings. The van der Waals surface area contributed by atoms with Crippen molar-refractivity contribution in [1.82, 2.24) is 5.32 Å². The summed E-state index contributed by atoms with van der Waals surface area (Å²) in [4.78, 5) is 24.5. The van der Waals surface area contributed by atoms with Gasteiger partial charge in [0.1, 0.15) is 0 Å². The van der Waals surface area contributed by atoms with Gasteiger partial charge in [-0.15, -0.1) is 0 Å². The Morgan fingerprint density at radius 1 is 0.386 bits per heavy atom. The lowest BCUT2D eigenvalue weighted by atomic mass is 10.0. The minimum atomic E-state index is -0.664. The largest absolute Gasteiger partial charge is 0.466 e. The van der Waals surface area contributed by atoms with Gasteiger partial charge >= 0.3 is 5.97 Å². The molecule has 416 valence electrons. The number of hydrogen-bond acceptors (Lipinski definition) is 5. The second-order valence-corrected chi connectivity index (χ2v) is 22.1. The number of aliphatic hydroxyl groups excluding tert-OH is 2. The van der Waals surface area contributed by atoms with Crippen molar-refractivity contribution < 1.29 is 24.5 Å². The van der Waals surface area contributed by atoms with Crippen LogP contribution in [-0.4, -0.2) is 47.4 Å². The quantitative estimate of drug-likeness (QED) is 0.0321. The van der Waals surface area contributed by atoms with Gasteiger partial charge in [0.25, 0.3) is 0 Å². The Morgan fingerprint density at radius 3 is 1.01 bits per heavy atom. The van der Waals surface area contributed by atoms with Crippen molar-refractivity contribution in [2.45, 2.75) is 373 Å². The van der Waals surface area contributed by atoms with Crippen LogP contribution in [0.2, 0.25) is 0 Å². The van der Waals surface area contributed by atoms with E-state index < -0.39 is 12.1 Å². The average Bonchev–Trinajstić information content (AvgIpc) is 3.36. The average molecular weight is 989 g/mol. The zero-order valence-corrected chi connectivity index (χ0v) is 47.5. The SMILES string of the molecule is CCCCCCCCCCCCCCCCCC(O)C(CO)NC(=O)CCCCCCCCCCCCC/C=C\CCCCCCCCCCCCCCOC(=O)CCCCCCCCCCCCC. The van der Waals surface area contributed by atoms with Crippen LogP contribution >= 0.6 is 0 Å². The van der Waals surface area contributed by atoms with Crippen molar-refractivity contribution in [3.05, 3.63) is 12.2 Å². The number of ether oxygens (including phenoxy) is 1. The Kier molecular flexibility index (Phi) is 59.0. The highest BCUT2D eigenvalue weighted by molar-refractivity contribution is 5.76. The summed E-state index contributed by atoms with van der Waals surface area (Å²) < 4.78 is 5.47. The third-order valence-corrected chi connectivity index (χ3v) is 15.1. The lowest BCUT2D eigenvalue weighted by Gasteiger charge is -2.22. The highest BCUT2D eigenvalue weighted by Gasteiger charge is 2.20. The van der Waals surface area contributed by atoms with E-state index in [0.29, 0.717) is 25.9 Å². The highest BCUT2D eigenvalue weighted by atomic mass is 16.5. The number of amides is 1. The van der Waals surface area contributed by atoms with Gasteiger partial charge in [0.05, 0.1) is 25.4 Å². The Balaban J connectivity index is 3.37. The number of rotatable bonds is 60. The maximum absolute atomic E-state index is 12.5. The van der Waals surface area contributed by atoms with Gasteiger partial charge in [0.2, 0.25) is 5.91 Å². The Morgan fingerprint density at radius 2 is 0.671 bits per heavy atom. The van der Waals surface area contributed by atoms with E-state index in [1.807, 2.05) is 0 Å². The summed E-state index contributed by atoms with van der Waals surface area (Å²) in [5.41, 5.74) is 0. The summed E-state index contributed by atoms with van der Waals surface area (Å²) in [6.45, 7) is 4.97. The fraction of sp³-hybridized carbons (Fsp3) is 0.938. The van der Waals surface area contributed by atoms with E-state index in [1.165, 1.54) is 289 Å². The summed E-state index contributed by atoms with van der Waals surface area (Å²) in [7, 11) is 0. The molecule has 0 saturated heterocycles. The van der Waals surface area contributed by atoms with Crippen LogP contribution in [0.15, 0.2) is 12.2 Å². The zero-order valence-electron chi connectivity index (χ0n) is 47.5. The van der Waals surface area contributed by atoms with Crippen molar-refractivity contribution in [3.63, 3.8) is 0 Å². The molecule has 3 N–H and O–H groups in total. The van der Waals surface area contributed by atoms with Gasteiger partial charge in [-0.1, -0.05) is 309 Å². The number of carbonyl (C=O) groups excluding carboxylic acids is 2. The minimum absolute atomic E-state index is 0.0154. The molecule has 6 nitrogen and oxygen atoms in total. The third kappa shape index (κ3) is 55.9. The van der Waals surface area contributed by atoms with Gasteiger partial charge in [0.15, 0.2) is 0 Å². The second-order valence-electron chi connectivity index (χ2n) is 22.1. The Hall–Kier alpha value is -1.40. The molecule has 0 fully saturated rings. The summed E-state index contributed by atoms with van der Waals surface area (Å²) in [5.74, 6) is -0.0177. The Bertz CT molecular complexity index is 1050. The van der Waals surface area contributed by atoms with Crippen LogP contribution in [0.4, 0.5) is 0 Å². The molecule has 0 aliphatic carbocycles. The topological polar surface area (TPSA) is 95.9 Å². The molecule has 1 amide bonds. The number of carbonyl (C=O) groups is 2. The van der Waals surface area contributed by atoms with E-state index in [-0.39, 0.29) is 18.5 Å². The molecule has 0 spiro atoms. The zero-order chi connectivity index (χ0) is 50.7. The van der Waals surface area contributed by atoms with Crippen LogP contribution in [0.5, 0.6) is 0 Å². The van der Waals surface area contributed by atoms with Crippen LogP contribution in [-0.2, 0) is 14.3 Å². The molecular formula is C64H125NO5. The fourth-order valence-electron chi connectivity index (χ4n) is 10.2. The molecule has 0 aromatic rings. The standard InChI is InChI=1S/C64H125NO5/c1-3-5-7-9-11-13-15-16-30-33-37-40-44-48-52-56-62(67)61(60-66)65-63(68)57-53-49-45-41-38-34-31-28-26-24-22-20-18-17-19-21-23-25-27-29-32-35-39-43-47-51-55-59-70-64(69)58-54-50-46-42-36-14-12-10-8-6-4-2/h17-18,61-62,66-67H,3-16,19-60H2,1-2H3,(H,65,68)/b18-17-. The molecule has 0 aromatic heterocycles. The van der Waals surface area contributed by atoms with Crippen molar-refractivity contribution in [2.75, 3.05) is 13.2 Å². The number of nitrogens with one attached hydrogen (secondary N) is 1. The van der Waals surface area contributed by atoms with E-state index in [1.54, 1.807) is 0 Å². The molecule has 0 aromatic carbocycles. The van der Waals surface area contributed by atoms with E-state index in [0.717, 1.165) is 38.5 Å². The van der Waals surface area contributed by atoms with E-state index in [2.05, 4.69) is 31.3 Å². The van der Waals surface area contributed by atoms with Crippen molar-refractivity contribution in [2.24, 2.45) is 0 Å². The van der Waals surface area contributed by atoms with Gasteiger partial charge in [-0.2, -0.15) is 0 Å². The van der Waals surface area contributed by atoms with Crippen LogP contribution in [0.25, 0.3) is 0 Å². The second kappa shape index (κ2) is 60.2. The number of allylic oxidation sites excluding steroid dienone is 2. The Labute approximate surface area is 438 Å². The number of hydrogen-bond donors (Lipinski definition) is 3. The van der Waals surface area contributed by atoms with Gasteiger partial charge in [-0.05, 0) is 51.4 Å². The van der Waals surface area contributed by atoms with E-state index in [4.69, 9.17) is 4.74 Å².